The minimum Gasteiger partial charge on any atom is -0.394 e. The molecule has 2 N–H and O–H groups in total. The quantitative estimate of drug-likeness (QED) is 0.579. The van der Waals surface area contributed by atoms with Crippen molar-refractivity contribution in [3.8, 4) is 0 Å². The fourth-order valence-electron chi connectivity index (χ4n) is 1.02. The molecular formula is C9H13Cl2N3O2. The second kappa shape index (κ2) is 7.62. The van der Waals surface area contributed by atoms with Crippen molar-refractivity contribution in [1.82, 2.24) is 9.97 Å². The average molecular weight is 266 g/mol. The first-order chi connectivity index (χ1) is 7.74. The number of nitrogens with zero attached hydrogens (tertiary/aromatic N) is 2. The van der Waals surface area contributed by atoms with E-state index in [0.717, 1.165) is 6.42 Å². The van der Waals surface area contributed by atoms with Gasteiger partial charge in [-0.1, -0.05) is 11.6 Å². The third-order valence-electron chi connectivity index (χ3n) is 1.71. The average Bonchev–Trinajstić information content (AvgIpc) is 2.28. The molecule has 1 rings (SSSR count). The Balaban J connectivity index is 2.23. The number of hydrogen-bond donors (Lipinski definition) is 2. The summed E-state index contributed by atoms with van der Waals surface area (Å²) in [5.41, 5.74) is 0. The van der Waals surface area contributed by atoms with Gasteiger partial charge in [-0.2, -0.15) is 4.98 Å². The van der Waals surface area contributed by atoms with E-state index >= 15 is 0 Å². The van der Waals surface area contributed by atoms with Gasteiger partial charge in [0.1, 0.15) is 10.8 Å². The van der Waals surface area contributed by atoms with Crippen LogP contribution in [0.4, 0.5) is 5.82 Å². The van der Waals surface area contributed by atoms with Gasteiger partial charge in [0.25, 0.3) is 0 Å². The van der Waals surface area contributed by atoms with Crippen LogP contribution in [0.5, 0.6) is 0 Å². The van der Waals surface area contributed by atoms with E-state index in [1.807, 2.05) is 0 Å². The molecule has 16 heavy (non-hydrogen) atoms. The van der Waals surface area contributed by atoms with Gasteiger partial charge in [0.15, 0.2) is 0 Å². The van der Waals surface area contributed by atoms with Gasteiger partial charge in [0.05, 0.1) is 19.4 Å². The molecule has 0 radical (unpaired) electrons. The Labute approximate surface area is 104 Å². The van der Waals surface area contributed by atoms with Gasteiger partial charge < -0.3 is 15.2 Å². The van der Waals surface area contributed by atoms with E-state index in [0.29, 0.717) is 30.6 Å². The highest BCUT2D eigenvalue weighted by molar-refractivity contribution is 6.33. The summed E-state index contributed by atoms with van der Waals surface area (Å²) in [6.07, 6.45) is 2.24. The molecule has 0 aliphatic heterocycles. The molecule has 0 aliphatic rings. The van der Waals surface area contributed by atoms with Crippen LogP contribution in [-0.4, -0.2) is 41.4 Å². The normalized spacial score (nSPS) is 10.4. The molecule has 0 aliphatic carbocycles. The second-order valence-electron chi connectivity index (χ2n) is 2.95. The summed E-state index contributed by atoms with van der Waals surface area (Å²) in [4.78, 5) is 7.68. The van der Waals surface area contributed by atoms with Crippen LogP contribution in [0, 0.1) is 0 Å². The lowest BCUT2D eigenvalue weighted by Gasteiger charge is -2.07. The van der Waals surface area contributed by atoms with Crippen LogP contribution in [0.15, 0.2) is 6.20 Å². The highest BCUT2D eigenvalue weighted by Gasteiger charge is 2.02. The van der Waals surface area contributed by atoms with Gasteiger partial charge in [0, 0.05) is 13.2 Å². The molecular weight excluding hydrogens is 253 g/mol. The van der Waals surface area contributed by atoms with Crippen LogP contribution in [0.3, 0.4) is 0 Å². The number of halogens is 2. The zero-order valence-corrected chi connectivity index (χ0v) is 10.1. The molecule has 1 aromatic rings. The van der Waals surface area contributed by atoms with E-state index in [9.17, 15) is 0 Å². The number of aliphatic hydroxyl groups is 1. The highest BCUT2D eigenvalue weighted by Crippen LogP contribution is 2.18. The first kappa shape index (κ1) is 13.4. The van der Waals surface area contributed by atoms with E-state index < -0.39 is 0 Å². The monoisotopic (exact) mass is 265 g/mol. The molecule has 0 saturated heterocycles. The van der Waals surface area contributed by atoms with Crippen LogP contribution in [0.25, 0.3) is 0 Å². The Morgan fingerprint density at radius 1 is 1.38 bits per heavy atom. The largest absolute Gasteiger partial charge is 0.394 e. The first-order valence-electron chi connectivity index (χ1n) is 4.84. The number of anilines is 1. The van der Waals surface area contributed by atoms with Gasteiger partial charge in [-0.15, -0.1) is 0 Å². The Morgan fingerprint density at radius 3 is 2.94 bits per heavy atom. The van der Waals surface area contributed by atoms with E-state index in [-0.39, 0.29) is 11.9 Å². The number of aliphatic hydroxyl groups excluding tert-OH is 1. The molecule has 0 spiro atoms. The highest BCUT2D eigenvalue weighted by atomic mass is 35.5. The molecule has 90 valence electrons. The predicted octanol–water partition coefficient (Wildman–Crippen LogP) is 1.59. The van der Waals surface area contributed by atoms with Gasteiger partial charge in [0.2, 0.25) is 5.28 Å². The van der Waals surface area contributed by atoms with Crippen molar-refractivity contribution in [3.05, 3.63) is 16.5 Å². The number of aromatic nitrogens is 2. The van der Waals surface area contributed by atoms with Crippen LogP contribution in [0.1, 0.15) is 6.42 Å². The minimum atomic E-state index is 0.0424. The van der Waals surface area contributed by atoms with Crippen molar-refractivity contribution in [2.24, 2.45) is 0 Å². The van der Waals surface area contributed by atoms with Gasteiger partial charge in [-0.3, -0.25) is 0 Å². The molecule has 0 amide bonds. The predicted molar refractivity (Wildman–Crippen MR) is 63.1 cm³/mol. The Morgan fingerprint density at radius 2 is 2.19 bits per heavy atom. The van der Waals surface area contributed by atoms with Crippen molar-refractivity contribution in [2.45, 2.75) is 6.42 Å². The summed E-state index contributed by atoms with van der Waals surface area (Å²) in [7, 11) is 0. The summed E-state index contributed by atoms with van der Waals surface area (Å²) in [6.45, 7) is 1.64. The first-order valence-corrected chi connectivity index (χ1v) is 5.60. The lowest BCUT2D eigenvalue weighted by Crippen LogP contribution is -2.09. The smallest absolute Gasteiger partial charge is 0.224 e. The zero-order valence-electron chi connectivity index (χ0n) is 8.62. The number of hydrogen-bond acceptors (Lipinski definition) is 5. The summed E-state index contributed by atoms with van der Waals surface area (Å²) in [5, 5.41) is 12.1. The third-order valence-corrected chi connectivity index (χ3v) is 2.17. The summed E-state index contributed by atoms with van der Waals surface area (Å²) in [6, 6.07) is 0. The van der Waals surface area contributed by atoms with Crippen LogP contribution in [-0.2, 0) is 4.74 Å². The van der Waals surface area contributed by atoms with Gasteiger partial charge in [-0.25, -0.2) is 4.98 Å². The van der Waals surface area contributed by atoms with E-state index in [2.05, 4.69) is 15.3 Å². The van der Waals surface area contributed by atoms with E-state index in [4.69, 9.17) is 33.0 Å². The Kier molecular flexibility index (Phi) is 6.40. The molecule has 0 bridgehead atoms. The molecule has 0 fully saturated rings. The Hall–Kier alpha value is -0.620. The van der Waals surface area contributed by atoms with Crippen molar-refractivity contribution >= 4 is 29.0 Å². The zero-order chi connectivity index (χ0) is 11.8. The van der Waals surface area contributed by atoms with E-state index in [1.54, 1.807) is 0 Å². The van der Waals surface area contributed by atoms with Crippen LogP contribution >= 0.6 is 23.2 Å². The molecule has 7 heteroatoms. The Bertz CT molecular complexity index is 326. The summed E-state index contributed by atoms with van der Waals surface area (Å²) >= 11 is 11.5. The van der Waals surface area contributed by atoms with Gasteiger partial charge >= 0.3 is 0 Å². The van der Waals surface area contributed by atoms with Crippen LogP contribution < -0.4 is 5.32 Å². The standard InChI is InChI=1S/C9H13Cl2N3O2/c10-7-6-13-9(11)14-8(7)12-2-1-4-16-5-3-15/h6,15H,1-5H2,(H,12,13,14). The lowest BCUT2D eigenvalue weighted by molar-refractivity contribution is 0.0922. The SMILES string of the molecule is OCCOCCCNc1nc(Cl)ncc1Cl. The number of nitrogens with one attached hydrogen (secondary N) is 1. The third kappa shape index (κ3) is 4.94. The number of rotatable bonds is 7. The molecule has 5 nitrogen and oxygen atoms in total. The maximum atomic E-state index is 8.48. The maximum absolute atomic E-state index is 8.48. The molecule has 1 aromatic heterocycles. The van der Waals surface area contributed by atoms with Gasteiger partial charge in [-0.05, 0) is 18.0 Å². The van der Waals surface area contributed by atoms with Crippen LogP contribution in [0.2, 0.25) is 10.3 Å². The number of ether oxygens (including phenoxy) is 1. The fourth-order valence-corrected chi connectivity index (χ4v) is 1.31. The fraction of sp³-hybridized carbons (Fsp3) is 0.556. The minimum absolute atomic E-state index is 0.0424. The van der Waals surface area contributed by atoms with Crippen molar-refractivity contribution in [3.63, 3.8) is 0 Å². The topological polar surface area (TPSA) is 67.3 Å². The molecule has 0 saturated carbocycles. The summed E-state index contributed by atoms with van der Waals surface area (Å²) in [5.74, 6) is 0.517. The molecule has 0 atom stereocenters. The maximum Gasteiger partial charge on any atom is 0.224 e. The van der Waals surface area contributed by atoms with E-state index in [1.165, 1.54) is 6.20 Å². The molecule has 1 heterocycles. The van der Waals surface area contributed by atoms with Crippen molar-refractivity contribution in [1.29, 1.82) is 0 Å². The van der Waals surface area contributed by atoms with Crippen molar-refractivity contribution in [2.75, 3.05) is 31.7 Å². The molecule has 0 unspecified atom stereocenters. The lowest BCUT2D eigenvalue weighted by atomic mass is 10.4. The van der Waals surface area contributed by atoms with Crippen molar-refractivity contribution < 1.29 is 9.84 Å². The summed E-state index contributed by atoms with van der Waals surface area (Å²) < 4.78 is 5.09. The molecule has 0 aromatic carbocycles. The second-order valence-corrected chi connectivity index (χ2v) is 3.70.